The minimum absolute atomic E-state index is 0.221. The van der Waals surface area contributed by atoms with Gasteiger partial charge in [0.05, 0.1) is 18.4 Å². The van der Waals surface area contributed by atoms with Gasteiger partial charge >= 0.3 is 5.97 Å². The van der Waals surface area contributed by atoms with Crippen LogP contribution in [0.5, 0.6) is 0 Å². The molecule has 178 valence electrons. The van der Waals surface area contributed by atoms with Crippen molar-refractivity contribution in [3.63, 3.8) is 0 Å². The molecule has 9 heteroatoms. The van der Waals surface area contributed by atoms with E-state index in [1.54, 1.807) is 30.3 Å². The number of ether oxygens (including phenoxy) is 1. The smallest absolute Gasteiger partial charge is 0.340 e. The van der Waals surface area contributed by atoms with Gasteiger partial charge in [0.25, 0.3) is 0 Å². The van der Waals surface area contributed by atoms with Gasteiger partial charge in [-0.2, -0.15) is 0 Å². The molecule has 4 rings (SSSR count). The SMILES string of the molecule is COC(=O)c1cc(Sc2ccc(Nc3ccc(F)c(F)c3)cc2)ccc1Nc1ccc(F)c(F)c1. The van der Waals surface area contributed by atoms with Gasteiger partial charge in [-0.25, -0.2) is 22.4 Å². The van der Waals surface area contributed by atoms with Crippen molar-refractivity contribution in [3.05, 3.63) is 108 Å². The number of hydrogen-bond acceptors (Lipinski definition) is 5. The summed E-state index contributed by atoms with van der Waals surface area (Å²) in [5, 5.41) is 5.91. The molecule has 35 heavy (non-hydrogen) atoms. The maximum atomic E-state index is 13.6. The zero-order chi connectivity index (χ0) is 24.9. The van der Waals surface area contributed by atoms with E-state index < -0.39 is 29.2 Å². The van der Waals surface area contributed by atoms with Crippen LogP contribution in [0.15, 0.2) is 88.7 Å². The van der Waals surface area contributed by atoms with Gasteiger partial charge < -0.3 is 15.4 Å². The van der Waals surface area contributed by atoms with E-state index in [-0.39, 0.29) is 11.3 Å². The van der Waals surface area contributed by atoms with Crippen molar-refractivity contribution < 1.29 is 27.1 Å². The topological polar surface area (TPSA) is 50.4 Å². The molecular weight excluding hydrogens is 480 g/mol. The third-order valence-electron chi connectivity index (χ3n) is 4.89. The van der Waals surface area contributed by atoms with Gasteiger partial charge in [-0.05, 0) is 66.7 Å². The van der Waals surface area contributed by atoms with E-state index in [4.69, 9.17) is 4.74 Å². The molecule has 0 spiro atoms. The molecule has 0 atom stereocenters. The zero-order valence-corrected chi connectivity index (χ0v) is 19.1. The molecule has 0 unspecified atom stereocenters. The average Bonchev–Trinajstić information content (AvgIpc) is 2.85. The van der Waals surface area contributed by atoms with Crippen LogP contribution in [-0.2, 0) is 4.74 Å². The van der Waals surface area contributed by atoms with Crippen molar-refractivity contribution in [2.75, 3.05) is 17.7 Å². The monoisotopic (exact) mass is 498 g/mol. The first-order chi connectivity index (χ1) is 16.8. The van der Waals surface area contributed by atoms with Crippen LogP contribution in [0.2, 0.25) is 0 Å². The Morgan fingerprint density at radius 1 is 0.657 bits per heavy atom. The Labute approximate surface area is 202 Å². The number of hydrogen-bond donors (Lipinski definition) is 2. The predicted molar refractivity (Wildman–Crippen MR) is 128 cm³/mol. The van der Waals surface area contributed by atoms with Crippen molar-refractivity contribution >= 4 is 40.5 Å². The third kappa shape index (κ3) is 5.93. The summed E-state index contributed by atoms with van der Waals surface area (Å²) < 4.78 is 58.1. The Balaban J connectivity index is 1.50. The number of halogens is 4. The second-order valence-corrected chi connectivity index (χ2v) is 8.48. The number of anilines is 4. The second kappa shape index (κ2) is 10.5. The molecule has 0 aliphatic rings. The molecule has 4 aromatic carbocycles. The summed E-state index contributed by atoms with van der Waals surface area (Å²) in [4.78, 5) is 13.9. The fraction of sp³-hybridized carbons (Fsp3) is 0.0385. The maximum Gasteiger partial charge on any atom is 0.340 e. The second-order valence-electron chi connectivity index (χ2n) is 7.33. The van der Waals surface area contributed by atoms with E-state index in [0.29, 0.717) is 17.1 Å². The Bertz CT molecular complexity index is 1380. The first kappa shape index (κ1) is 24.2. The van der Waals surface area contributed by atoms with Crippen molar-refractivity contribution in [2.45, 2.75) is 9.79 Å². The molecule has 0 saturated carbocycles. The molecule has 4 aromatic rings. The number of benzene rings is 4. The lowest BCUT2D eigenvalue weighted by atomic mass is 10.1. The summed E-state index contributed by atoms with van der Waals surface area (Å²) in [6.07, 6.45) is 0. The van der Waals surface area contributed by atoms with E-state index in [0.717, 1.165) is 34.1 Å². The largest absolute Gasteiger partial charge is 0.465 e. The quantitative estimate of drug-likeness (QED) is 0.202. The minimum Gasteiger partial charge on any atom is -0.465 e. The van der Waals surface area contributed by atoms with Crippen molar-refractivity contribution in [2.24, 2.45) is 0 Å². The Kier molecular flexibility index (Phi) is 7.26. The van der Waals surface area contributed by atoms with Crippen LogP contribution in [0.25, 0.3) is 0 Å². The summed E-state index contributed by atoms with van der Waals surface area (Å²) >= 11 is 1.39. The van der Waals surface area contributed by atoms with Crippen LogP contribution in [0.1, 0.15) is 10.4 Å². The van der Waals surface area contributed by atoms with E-state index >= 15 is 0 Å². The number of rotatable bonds is 7. The lowest BCUT2D eigenvalue weighted by Gasteiger charge is -2.13. The fourth-order valence-corrected chi connectivity index (χ4v) is 4.04. The van der Waals surface area contributed by atoms with Crippen molar-refractivity contribution in [3.8, 4) is 0 Å². The highest BCUT2D eigenvalue weighted by Gasteiger charge is 2.15. The molecule has 0 aromatic heterocycles. The van der Waals surface area contributed by atoms with E-state index in [1.807, 2.05) is 12.1 Å². The first-order valence-corrected chi connectivity index (χ1v) is 11.1. The zero-order valence-electron chi connectivity index (χ0n) is 18.2. The van der Waals surface area contributed by atoms with Gasteiger partial charge in [0.1, 0.15) is 0 Å². The van der Waals surface area contributed by atoms with Gasteiger partial charge in [0.15, 0.2) is 23.3 Å². The van der Waals surface area contributed by atoms with Gasteiger partial charge in [-0.15, -0.1) is 0 Å². The lowest BCUT2D eigenvalue weighted by molar-refractivity contribution is 0.0601. The third-order valence-corrected chi connectivity index (χ3v) is 5.89. The number of carbonyl (C=O) groups excluding carboxylic acids is 1. The minimum atomic E-state index is -1.01. The van der Waals surface area contributed by atoms with Crippen molar-refractivity contribution in [1.82, 2.24) is 0 Å². The average molecular weight is 499 g/mol. The molecule has 0 radical (unpaired) electrons. The highest BCUT2D eigenvalue weighted by molar-refractivity contribution is 7.99. The van der Waals surface area contributed by atoms with Gasteiger partial charge in [0, 0.05) is 39.0 Å². The molecule has 0 amide bonds. The summed E-state index contributed by atoms with van der Waals surface area (Å²) in [7, 11) is 1.25. The van der Waals surface area contributed by atoms with Gasteiger partial charge in [0.2, 0.25) is 0 Å². The van der Waals surface area contributed by atoms with Crippen LogP contribution in [0.3, 0.4) is 0 Å². The molecule has 0 aliphatic carbocycles. The molecular formula is C26H18F4N2O2S. The fourth-order valence-electron chi connectivity index (χ4n) is 3.19. The Morgan fingerprint density at radius 2 is 1.20 bits per heavy atom. The summed E-state index contributed by atoms with van der Waals surface area (Å²) in [5.41, 5.74) is 1.97. The van der Waals surface area contributed by atoms with Gasteiger partial charge in [-0.3, -0.25) is 0 Å². The van der Waals surface area contributed by atoms with Crippen LogP contribution in [0, 0.1) is 23.3 Å². The number of carbonyl (C=O) groups is 1. The molecule has 0 fully saturated rings. The van der Waals surface area contributed by atoms with Crippen LogP contribution in [-0.4, -0.2) is 13.1 Å². The summed E-state index contributed by atoms with van der Waals surface area (Å²) in [6.45, 7) is 0. The highest BCUT2D eigenvalue weighted by atomic mass is 32.2. The Hall–Kier alpha value is -3.98. The van der Waals surface area contributed by atoms with Crippen LogP contribution >= 0.6 is 11.8 Å². The summed E-state index contributed by atoms with van der Waals surface area (Å²) in [6, 6.07) is 19.2. The van der Waals surface area contributed by atoms with E-state index in [9.17, 15) is 22.4 Å². The molecule has 0 bridgehead atoms. The normalized spacial score (nSPS) is 10.7. The molecule has 0 heterocycles. The maximum absolute atomic E-state index is 13.6. The van der Waals surface area contributed by atoms with Crippen LogP contribution in [0.4, 0.5) is 40.3 Å². The van der Waals surface area contributed by atoms with E-state index in [2.05, 4.69) is 10.6 Å². The number of esters is 1. The molecule has 0 saturated heterocycles. The first-order valence-electron chi connectivity index (χ1n) is 10.3. The molecule has 4 nitrogen and oxygen atoms in total. The van der Waals surface area contributed by atoms with Crippen LogP contribution < -0.4 is 10.6 Å². The van der Waals surface area contributed by atoms with Crippen molar-refractivity contribution in [1.29, 1.82) is 0 Å². The predicted octanol–water partition coefficient (Wildman–Crippen LogP) is 7.67. The molecule has 2 N–H and O–H groups in total. The number of nitrogens with one attached hydrogen (secondary N) is 2. The Morgan fingerprint density at radius 3 is 1.77 bits per heavy atom. The van der Waals surface area contributed by atoms with E-state index in [1.165, 1.54) is 31.0 Å². The lowest BCUT2D eigenvalue weighted by Crippen LogP contribution is -2.06. The standard InChI is InChI=1S/C26H18F4N2O2S/c1-34-26(33)20-14-19(8-11-25(20)32-17-5-10-22(28)24(30)13-17)35-18-6-2-15(3-7-18)31-16-4-9-21(27)23(29)12-16/h2-14,31-32H,1H3. The van der Waals surface area contributed by atoms with Gasteiger partial charge in [-0.1, -0.05) is 11.8 Å². The highest BCUT2D eigenvalue weighted by Crippen LogP contribution is 2.33. The number of methoxy groups -OCH3 is 1. The molecule has 0 aliphatic heterocycles. The summed E-state index contributed by atoms with van der Waals surface area (Å²) in [5.74, 6) is -4.43.